The van der Waals surface area contributed by atoms with E-state index in [1.165, 1.54) is 10.8 Å². The minimum Gasteiger partial charge on any atom is -0.475 e. The van der Waals surface area contributed by atoms with E-state index >= 15 is 0 Å². The Balaban J connectivity index is 0.000000638. The molecular weight excluding hydrogens is 507 g/mol. The number of pyridine rings is 1. The highest BCUT2D eigenvalue weighted by atomic mass is 19.4. The Labute approximate surface area is 215 Å². The molecular formula is C24H26F3N7O4. The third-order valence-electron chi connectivity index (χ3n) is 4.71. The van der Waals surface area contributed by atoms with Crippen molar-refractivity contribution in [3.63, 3.8) is 0 Å². The number of hydrogen-bond acceptors (Lipinski definition) is 7. The summed E-state index contributed by atoms with van der Waals surface area (Å²) in [7, 11) is 0. The molecule has 202 valence electrons. The quantitative estimate of drug-likeness (QED) is 0.216. The Morgan fingerprint density at radius 1 is 1.16 bits per heavy atom. The van der Waals surface area contributed by atoms with Gasteiger partial charge in [0.15, 0.2) is 0 Å². The molecule has 1 aromatic carbocycles. The van der Waals surface area contributed by atoms with Crippen molar-refractivity contribution in [2.75, 3.05) is 5.32 Å². The lowest BCUT2D eigenvalue weighted by Crippen LogP contribution is -2.34. The molecule has 3 rings (SSSR count). The van der Waals surface area contributed by atoms with Crippen LogP contribution in [-0.2, 0) is 22.7 Å². The number of carboxylic acids is 1. The lowest BCUT2D eigenvalue weighted by Gasteiger charge is -2.16. The van der Waals surface area contributed by atoms with Crippen LogP contribution in [0.5, 0.6) is 0 Å². The number of anilines is 1. The molecule has 0 saturated heterocycles. The maximum absolute atomic E-state index is 13.0. The zero-order valence-corrected chi connectivity index (χ0v) is 20.4. The summed E-state index contributed by atoms with van der Waals surface area (Å²) >= 11 is 0. The number of carbonyl (C=O) groups excluding carboxylic acids is 1. The standard InChI is InChI=1S/C22H25N7O2.C2HF3O2/c1-14(2)28-18-12-27-21(17-4-3-9-25-11-17)29(22(18)31)13-19(30)26-10-15-5-7-16(8-6-15)20(23)24;3-2(4,5)1(6)7/h3-9,11-12,14,28H,10,13H2,1-2H3,(H3,23,24)(H,26,30);(H,6,7). The van der Waals surface area contributed by atoms with Crippen molar-refractivity contribution in [3.05, 3.63) is 76.5 Å². The van der Waals surface area contributed by atoms with Crippen LogP contribution >= 0.6 is 0 Å². The zero-order chi connectivity index (χ0) is 28.5. The topological polar surface area (TPSA) is 176 Å². The highest BCUT2D eigenvalue weighted by molar-refractivity contribution is 5.94. The van der Waals surface area contributed by atoms with Gasteiger partial charge in [0.2, 0.25) is 5.91 Å². The second-order valence-corrected chi connectivity index (χ2v) is 8.12. The highest BCUT2D eigenvalue weighted by Gasteiger charge is 2.38. The van der Waals surface area contributed by atoms with Gasteiger partial charge >= 0.3 is 12.1 Å². The van der Waals surface area contributed by atoms with Gasteiger partial charge in [-0.15, -0.1) is 0 Å². The van der Waals surface area contributed by atoms with Gasteiger partial charge in [-0.2, -0.15) is 13.2 Å². The number of amidine groups is 1. The van der Waals surface area contributed by atoms with Gasteiger partial charge in [-0.25, -0.2) is 9.78 Å². The van der Waals surface area contributed by atoms with Gasteiger partial charge in [0.25, 0.3) is 5.56 Å². The molecule has 3 aromatic rings. The molecule has 0 radical (unpaired) electrons. The number of aromatic nitrogens is 3. The van der Waals surface area contributed by atoms with Gasteiger partial charge in [-0.1, -0.05) is 24.3 Å². The smallest absolute Gasteiger partial charge is 0.475 e. The maximum atomic E-state index is 13.0. The molecule has 0 bridgehead atoms. The van der Waals surface area contributed by atoms with Crippen molar-refractivity contribution < 1.29 is 27.9 Å². The minimum absolute atomic E-state index is 0.0136. The summed E-state index contributed by atoms with van der Waals surface area (Å²) in [5.41, 5.74) is 7.56. The Morgan fingerprint density at radius 2 is 1.79 bits per heavy atom. The molecule has 2 aromatic heterocycles. The third-order valence-corrected chi connectivity index (χ3v) is 4.71. The molecule has 0 aliphatic carbocycles. The predicted molar refractivity (Wildman–Crippen MR) is 133 cm³/mol. The monoisotopic (exact) mass is 533 g/mol. The zero-order valence-electron chi connectivity index (χ0n) is 20.4. The summed E-state index contributed by atoms with van der Waals surface area (Å²) in [5.74, 6) is -2.73. The van der Waals surface area contributed by atoms with Crippen LogP contribution in [0.15, 0.2) is 59.8 Å². The summed E-state index contributed by atoms with van der Waals surface area (Å²) in [6.07, 6.45) is -0.372. The molecule has 0 aliphatic rings. The lowest BCUT2D eigenvalue weighted by molar-refractivity contribution is -0.192. The van der Waals surface area contributed by atoms with Crippen LogP contribution in [0.3, 0.4) is 0 Å². The number of nitrogens with zero attached hydrogens (tertiary/aromatic N) is 3. The van der Waals surface area contributed by atoms with Crippen LogP contribution in [0, 0.1) is 5.41 Å². The first-order chi connectivity index (χ1) is 17.8. The molecule has 1 amide bonds. The first-order valence-electron chi connectivity index (χ1n) is 11.1. The number of nitrogen functional groups attached to an aromatic ring is 1. The fourth-order valence-electron chi connectivity index (χ4n) is 2.98. The number of carbonyl (C=O) groups is 2. The predicted octanol–water partition coefficient (Wildman–Crippen LogP) is 2.36. The number of alkyl halides is 3. The van der Waals surface area contributed by atoms with Crippen LogP contribution in [0.1, 0.15) is 25.0 Å². The molecule has 0 unspecified atom stereocenters. The van der Waals surface area contributed by atoms with E-state index in [0.29, 0.717) is 22.6 Å². The third kappa shape index (κ3) is 8.72. The Hall–Kier alpha value is -4.75. The number of benzene rings is 1. The van der Waals surface area contributed by atoms with Crippen molar-refractivity contribution in [2.24, 2.45) is 5.73 Å². The molecule has 14 heteroatoms. The van der Waals surface area contributed by atoms with Gasteiger partial charge in [-0.05, 0) is 31.5 Å². The SMILES string of the molecule is CC(C)Nc1cnc(-c2cccnc2)n(CC(=O)NCc2ccc(C(=N)N)cc2)c1=O.O=C(O)C(F)(F)F. The second-order valence-electron chi connectivity index (χ2n) is 8.12. The number of rotatable bonds is 8. The van der Waals surface area contributed by atoms with E-state index in [0.717, 1.165) is 5.56 Å². The molecule has 0 fully saturated rings. The first kappa shape index (κ1) is 29.5. The fraction of sp³-hybridized carbons (Fsp3) is 0.250. The van der Waals surface area contributed by atoms with Crippen LogP contribution in [0.4, 0.5) is 18.9 Å². The van der Waals surface area contributed by atoms with Crippen molar-refractivity contribution in [1.82, 2.24) is 19.9 Å². The second kappa shape index (κ2) is 13.0. The van der Waals surface area contributed by atoms with E-state index in [4.69, 9.17) is 21.0 Å². The van der Waals surface area contributed by atoms with Gasteiger partial charge in [0, 0.05) is 36.1 Å². The number of nitrogens with one attached hydrogen (secondary N) is 3. The summed E-state index contributed by atoms with van der Waals surface area (Å²) in [5, 5.41) is 20.4. The molecule has 0 aliphatic heterocycles. The van der Waals surface area contributed by atoms with E-state index in [-0.39, 0.29) is 36.4 Å². The average molecular weight is 534 g/mol. The maximum Gasteiger partial charge on any atom is 0.490 e. The van der Waals surface area contributed by atoms with Crippen molar-refractivity contribution >= 4 is 23.4 Å². The normalized spacial score (nSPS) is 10.8. The fourth-order valence-corrected chi connectivity index (χ4v) is 2.98. The summed E-state index contributed by atoms with van der Waals surface area (Å²) in [6, 6.07) is 10.6. The molecule has 6 N–H and O–H groups in total. The Morgan fingerprint density at radius 3 is 2.29 bits per heavy atom. The number of nitrogens with two attached hydrogens (primary N) is 1. The largest absolute Gasteiger partial charge is 0.490 e. The molecule has 38 heavy (non-hydrogen) atoms. The van der Waals surface area contributed by atoms with Crippen molar-refractivity contribution in [1.29, 1.82) is 5.41 Å². The van der Waals surface area contributed by atoms with Crippen LogP contribution in [-0.4, -0.2) is 49.6 Å². The molecule has 11 nitrogen and oxygen atoms in total. The molecule has 0 atom stereocenters. The van der Waals surface area contributed by atoms with Crippen molar-refractivity contribution in [2.45, 2.75) is 39.2 Å². The molecule has 0 saturated carbocycles. The van der Waals surface area contributed by atoms with Crippen LogP contribution < -0.4 is 21.9 Å². The summed E-state index contributed by atoms with van der Waals surface area (Å²) in [4.78, 5) is 43.1. The van der Waals surface area contributed by atoms with Crippen molar-refractivity contribution in [3.8, 4) is 11.4 Å². The van der Waals surface area contributed by atoms with Gasteiger partial charge in [-0.3, -0.25) is 24.5 Å². The lowest BCUT2D eigenvalue weighted by atomic mass is 10.1. The highest BCUT2D eigenvalue weighted by Crippen LogP contribution is 2.16. The van der Waals surface area contributed by atoms with Crippen LogP contribution in [0.25, 0.3) is 11.4 Å². The minimum atomic E-state index is -5.08. The summed E-state index contributed by atoms with van der Waals surface area (Å²) in [6.45, 7) is 3.94. The Bertz CT molecular complexity index is 1330. The average Bonchev–Trinajstić information content (AvgIpc) is 2.85. The van der Waals surface area contributed by atoms with E-state index in [2.05, 4.69) is 20.6 Å². The molecule has 2 heterocycles. The van der Waals surface area contributed by atoms with Gasteiger partial charge < -0.3 is 21.5 Å². The summed E-state index contributed by atoms with van der Waals surface area (Å²) < 4.78 is 33.1. The van der Waals surface area contributed by atoms with Gasteiger partial charge in [0.1, 0.15) is 23.9 Å². The first-order valence-corrected chi connectivity index (χ1v) is 11.1. The van der Waals surface area contributed by atoms with E-state index in [1.807, 2.05) is 13.8 Å². The number of halogens is 3. The van der Waals surface area contributed by atoms with Gasteiger partial charge in [0.05, 0.1) is 6.20 Å². The number of aliphatic carboxylic acids is 1. The Kier molecular flexibility index (Phi) is 10.1. The number of carboxylic acid groups (broad SMARTS) is 1. The van der Waals surface area contributed by atoms with E-state index in [1.54, 1.807) is 48.8 Å². The number of hydrogen-bond donors (Lipinski definition) is 5. The number of amides is 1. The van der Waals surface area contributed by atoms with Crippen LogP contribution in [0.2, 0.25) is 0 Å². The van der Waals surface area contributed by atoms with E-state index < -0.39 is 12.1 Å². The van der Waals surface area contributed by atoms with E-state index in [9.17, 15) is 22.8 Å². The molecule has 0 spiro atoms.